The van der Waals surface area contributed by atoms with E-state index in [9.17, 15) is 4.79 Å². The lowest BCUT2D eigenvalue weighted by Gasteiger charge is -2.47. The van der Waals surface area contributed by atoms with E-state index in [0.29, 0.717) is 12.6 Å². The molecule has 1 aliphatic heterocycles. The molecule has 0 radical (unpaired) electrons. The van der Waals surface area contributed by atoms with E-state index in [2.05, 4.69) is 39.5 Å². The fourth-order valence-electron chi connectivity index (χ4n) is 2.90. The molecule has 112 valence electrons. The number of carboxylic acids is 1. The fraction of sp³-hybridized carbons (Fsp3) is 0.933. The van der Waals surface area contributed by atoms with Crippen molar-refractivity contribution in [1.29, 1.82) is 0 Å². The van der Waals surface area contributed by atoms with Crippen molar-refractivity contribution in [2.45, 2.75) is 77.5 Å². The summed E-state index contributed by atoms with van der Waals surface area (Å²) in [5, 5.41) is 8.92. The smallest absolute Gasteiger partial charge is 0.304 e. The summed E-state index contributed by atoms with van der Waals surface area (Å²) in [4.78, 5) is 13.2. The van der Waals surface area contributed by atoms with E-state index in [1.165, 1.54) is 0 Å². The lowest BCUT2D eigenvalue weighted by Crippen LogP contribution is -2.54. The first-order chi connectivity index (χ1) is 8.68. The Morgan fingerprint density at radius 3 is 2.58 bits per heavy atom. The third-order valence-electron chi connectivity index (χ3n) is 4.19. The number of carbonyl (C=O) groups is 1. The van der Waals surface area contributed by atoms with Crippen molar-refractivity contribution < 1.29 is 14.6 Å². The van der Waals surface area contributed by atoms with E-state index >= 15 is 0 Å². The summed E-state index contributed by atoms with van der Waals surface area (Å²) in [5.74, 6) is -0.723. The minimum absolute atomic E-state index is 0.00783. The van der Waals surface area contributed by atoms with E-state index in [1.54, 1.807) is 0 Å². The van der Waals surface area contributed by atoms with Gasteiger partial charge in [-0.05, 0) is 47.0 Å². The minimum atomic E-state index is -0.723. The van der Waals surface area contributed by atoms with Crippen LogP contribution in [0.5, 0.6) is 0 Å². The Morgan fingerprint density at radius 1 is 1.47 bits per heavy atom. The summed E-state index contributed by atoms with van der Waals surface area (Å²) in [6.45, 7) is 12.2. The van der Waals surface area contributed by atoms with Crippen molar-refractivity contribution in [3.8, 4) is 0 Å². The van der Waals surface area contributed by atoms with Gasteiger partial charge in [0.05, 0.1) is 12.0 Å². The SMILES string of the molecule is CCC1(C)CC(N(CCC(=O)O)C(C)(C)C)CCO1. The molecule has 0 bridgehead atoms. The number of hydrogen-bond donors (Lipinski definition) is 1. The number of nitrogens with zero attached hydrogens (tertiary/aromatic N) is 1. The fourth-order valence-corrected chi connectivity index (χ4v) is 2.90. The zero-order chi connectivity index (χ0) is 14.7. The van der Waals surface area contributed by atoms with E-state index < -0.39 is 5.97 Å². The Labute approximate surface area is 117 Å². The van der Waals surface area contributed by atoms with Crippen LogP contribution in [0.4, 0.5) is 0 Å². The third kappa shape index (κ3) is 4.77. The molecule has 1 aliphatic rings. The molecule has 0 amide bonds. The van der Waals surface area contributed by atoms with E-state index in [0.717, 1.165) is 25.9 Å². The van der Waals surface area contributed by atoms with Crippen LogP contribution in [0.1, 0.15) is 60.3 Å². The number of carboxylic acid groups (broad SMARTS) is 1. The second kappa shape index (κ2) is 6.23. The second-order valence-electron chi connectivity index (χ2n) is 6.81. The molecule has 0 aliphatic carbocycles. The molecule has 4 nitrogen and oxygen atoms in total. The van der Waals surface area contributed by atoms with Gasteiger partial charge < -0.3 is 9.84 Å². The summed E-state index contributed by atoms with van der Waals surface area (Å²) in [6.07, 6.45) is 3.19. The van der Waals surface area contributed by atoms with Crippen molar-refractivity contribution in [2.75, 3.05) is 13.2 Å². The van der Waals surface area contributed by atoms with E-state index in [-0.39, 0.29) is 17.6 Å². The summed E-state index contributed by atoms with van der Waals surface area (Å²) in [6, 6.07) is 0.415. The van der Waals surface area contributed by atoms with E-state index in [1.807, 2.05) is 0 Å². The highest BCUT2D eigenvalue weighted by Gasteiger charge is 2.37. The van der Waals surface area contributed by atoms with Crippen LogP contribution in [0, 0.1) is 0 Å². The maximum absolute atomic E-state index is 10.8. The van der Waals surface area contributed by atoms with Gasteiger partial charge in [-0.1, -0.05) is 6.92 Å². The second-order valence-corrected chi connectivity index (χ2v) is 6.81. The molecule has 2 atom stereocenters. The summed E-state index contributed by atoms with van der Waals surface area (Å²) >= 11 is 0. The molecule has 0 saturated carbocycles. The highest BCUT2D eigenvalue weighted by atomic mass is 16.5. The lowest BCUT2D eigenvalue weighted by molar-refractivity contribution is -0.139. The Hall–Kier alpha value is -0.610. The standard InChI is InChI=1S/C15H29NO3/c1-6-15(5)11-12(8-10-19-15)16(14(2,3)4)9-7-13(17)18/h12H,6-11H2,1-5H3,(H,17,18). The van der Waals surface area contributed by atoms with Crippen LogP contribution in [0.15, 0.2) is 0 Å². The molecule has 0 aromatic rings. The first-order valence-corrected chi connectivity index (χ1v) is 7.30. The number of aliphatic carboxylic acids is 1. The molecule has 4 heteroatoms. The molecule has 0 aromatic heterocycles. The summed E-state index contributed by atoms with van der Waals surface area (Å²) < 4.78 is 5.89. The zero-order valence-corrected chi connectivity index (χ0v) is 13.0. The van der Waals surface area contributed by atoms with Gasteiger partial charge in [-0.25, -0.2) is 0 Å². The summed E-state index contributed by atoms with van der Waals surface area (Å²) in [7, 11) is 0. The average molecular weight is 271 g/mol. The van der Waals surface area contributed by atoms with Crippen molar-refractivity contribution >= 4 is 5.97 Å². The molecular weight excluding hydrogens is 242 g/mol. The largest absolute Gasteiger partial charge is 0.481 e. The number of rotatable bonds is 5. The first-order valence-electron chi connectivity index (χ1n) is 7.30. The van der Waals surface area contributed by atoms with Gasteiger partial charge >= 0.3 is 5.97 Å². The molecule has 1 rings (SSSR count). The van der Waals surface area contributed by atoms with Crippen LogP contribution in [0.25, 0.3) is 0 Å². The molecule has 19 heavy (non-hydrogen) atoms. The predicted octanol–water partition coefficient (Wildman–Crippen LogP) is 2.91. The molecule has 2 unspecified atom stereocenters. The molecule has 1 N–H and O–H groups in total. The van der Waals surface area contributed by atoms with Gasteiger partial charge in [-0.3, -0.25) is 9.69 Å². The van der Waals surface area contributed by atoms with Crippen LogP contribution in [0.2, 0.25) is 0 Å². The van der Waals surface area contributed by atoms with Gasteiger partial charge in [0.2, 0.25) is 0 Å². The molecular formula is C15H29NO3. The van der Waals surface area contributed by atoms with Crippen molar-refractivity contribution in [3.63, 3.8) is 0 Å². The average Bonchev–Trinajstić information content (AvgIpc) is 2.27. The van der Waals surface area contributed by atoms with Gasteiger partial charge in [0.15, 0.2) is 0 Å². The van der Waals surface area contributed by atoms with E-state index in [4.69, 9.17) is 9.84 Å². The lowest BCUT2D eigenvalue weighted by atomic mass is 9.87. The van der Waals surface area contributed by atoms with Crippen LogP contribution in [0.3, 0.4) is 0 Å². The van der Waals surface area contributed by atoms with Crippen molar-refractivity contribution in [1.82, 2.24) is 4.90 Å². The minimum Gasteiger partial charge on any atom is -0.481 e. The third-order valence-corrected chi connectivity index (χ3v) is 4.19. The topological polar surface area (TPSA) is 49.8 Å². The van der Waals surface area contributed by atoms with Gasteiger partial charge in [-0.15, -0.1) is 0 Å². The van der Waals surface area contributed by atoms with Gasteiger partial charge in [0, 0.05) is 24.7 Å². The van der Waals surface area contributed by atoms with Crippen LogP contribution < -0.4 is 0 Å². The number of hydrogen-bond acceptors (Lipinski definition) is 3. The summed E-state index contributed by atoms with van der Waals surface area (Å²) in [5.41, 5.74) is -0.0677. The van der Waals surface area contributed by atoms with Gasteiger partial charge in [-0.2, -0.15) is 0 Å². The highest BCUT2D eigenvalue weighted by molar-refractivity contribution is 5.66. The van der Waals surface area contributed by atoms with Gasteiger partial charge in [0.1, 0.15) is 0 Å². The number of ether oxygens (including phenoxy) is 1. The maximum atomic E-state index is 10.8. The Balaban J connectivity index is 2.77. The molecule has 1 heterocycles. The van der Waals surface area contributed by atoms with Crippen molar-refractivity contribution in [2.24, 2.45) is 0 Å². The maximum Gasteiger partial charge on any atom is 0.304 e. The Bertz CT molecular complexity index is 311. The zero-order valence-electron chi connectivity index (χ0n) is 13.0. The van der Waals surface area contributed by atoms with Crippen LogP contribution in [-0.2, 0) is 9.53 Å². The Morgan fingerprint density at radius 2 is 2.11 bits per heavy atom. The predicted molar refractivity (Wildman–Crippen MR) is 76.4 cm³/mol. The van der Waals surface area contributed by atoms with Gasteiger partial charge in [0.25, 0.3) is 0 Å². The van der Waals surface area contributed by atoms with Crippen LogP contribution >= 0.6 is 0 Å². The molecule has 0 aromatic carbocycles. The highest BCUT2D eigenvalue weighted by Crippen LogP contribution is 2.33. The molecule has 0 spiro atoms. The molecule has 1 saturated heterocycles. The first kappa shape index (κ1) is 16.4. The molecule has 1 fully saturated rings. The van der Waals surface area contributed by atoms with Crippen molar-refractivity contribution in [3.05, 3.63) is 0 Å². The normalized spacial score (nSPS) is 28.6. The van der Waals surface area contributed by atoms with Crippen LogP contribution in [-0.4, -0.2) is 46.3 Å². The monoisotopic (exact) mass is 271 g/mol. The Kier molecular flexibility index (Phi) is 5.39. The quantitative estimate of drug-likeness (QED) is 0.835.